The zero-order valence-electron chi connectivity index (χ0n) is 22.5. The lowest BCUT2D eigenvalue weighted by Gasteiger charge is -2.44. The number of ether oxygens (including phenoxy) is 8. The van der Waals surface area contributed by atoms with Gasteiger partial charge in [0.1, 0.15) is 25.1 Å². The molecule has 0 saturated carbocycles. The van der Waals surface area contributed by atoms with Gasteiger partial charge in [-0.3, -0.25) is 24.0 Å². The molecule has 1 saturated heterocycles. The summed E-state index contributed by atoms with van der Waals surface area (Å²) in [5, 5.41) is 2.57. The second-order valence-electron chi connectivity index (χ2n) is 8.34. The molecule has 15 heteroatoms. The predicted octanol–water partition coefficient (Wildman–Crippen LogP) is 1.26. The predicted molar refractivity (Wildman–Crippen MR) is 131 cm³/mol. The van der Waals surface area contributed by atoms with E-state index in [-0.39, 0.29) is 24.9 Å². The summed E-state index contributed by atoms with van der Waals surface area (Å²) in [6.07, 6.45) is -7.78. The molecule has 40 heavy (non-hydrogen) atoms. The molecule has 1 fully saturated rings. The molecule has 5 atom stereocenters. The number of anilines is 1. The van der Waals surface area contributed by atoms with Crippen LogP contribution in [0.25, 0.3) is 0 Å². The van der Waals surface area contributed by atoms with Crippen LogP contribution in [0, 0.1) is 0 Å². The van der Waals surface area contributed by atoms with Crippen molar-refractivity contribution in [3.8, 4) is 5.75 Å². The van der Waals surface area contributed by atoms with Gasteiger partial charge in [0.2, 0.25) is 5.91 Å². The van der Waals surface area contributed by atoms with Crippen molar-refractivity contribution in [2.24, 2.45) is 0 Å². The number of carbonyl (C=O) groups excluding carboxylic acids is 6. The molecule has 0 aliphatic carbocycles. The van der Waals surface area contributed by atoms with Gasteiger partial charge in [-0.15, -0.1) is 0 Å². The molecule has 5 unspecified atom stereocenters. The van der Waals surface area contributed by atoms with Crippen LogP contribution >= 0.6 is 0 Å². The molecule has 15 nitrogen and oxygen atoms in total. The normalized spacial score (nSPS) is 21.8. The smallest absolute Gasteiger partial charge is 0.463 e. The first kappa shape index (κ1) is 32.0. The van der Waals surface area contributed by atoms with E-state index in [0.29, 0.717) is 5.69 Å². The van der Waals surface area contributed by atoms with Crippen molar-refractivity contribution in [2.75, 3.05) is 25.1 Å². The van der Waals surface area contributed by atoms with Crippen molar-refractivity contribution >= 4 is 41.6 Å². The molecule has 0 aromatic heterocycles. The number of hydrogen-bond donors (Lipinski definition) is 1. The molecule has 1 aliphatic heterocycles. The quantitative estimate of drug-likeness (QED) is 0.173. The van der Waals surface area contributed by atoms with E-state index in [1.54, 1.807) is 0 Å². The lowest BCUT2D eigenvalue weighted by Crippen LogP contribution is -2.63. The number of hydrogen-bond acceptors (Lipinski definition) is 14. The van der Waals surface area contributed by atoms with Crippen LogP contribution in [-0.4, -0.2) is 86.5 Å². The van der Waals surface area contributed by atoms with Gasteiger partial charge in [0.05, 0.1) is 6.61 Å². The maximum atomic E-state index is 12.0. The molecule has 0 bridgehead atoms. The molecule has 1 amide bonds. The van der Waals surface area contributed by atoms with Gasteiger partial charge < -0.3 is 43.2 Å². The number of esters is 4. The molecule has 1 N–H and O–H groups in total. The van der Waals surface area contributed by atoms with E-state index < -0.39 is 67.3 Å². The largest absolute Gasteiger partial charge is 0.513 e. The van der Waals surface area contributed by atoms with Gasteiger partial charge in [0, 0.05) is 40.3 Å². The molecule has 0 radical (unpaired) electrons. The van der Waals surface area contributed by atoms with E-state index in [0.717, 1.165) is 27.7 Å². The topological polar surface area (TPSA) is 188 Å². The molecule has 1 aromatic carbocycles. The fourth-order valence-electron chi connectivity index (χ4n) is 3.55. The minimum Gasteiger partial charge on any atom is -0.463 e. The number of benzene rings is 1. The van der Waals surface area contributed by atoms with Crippen LogP contribution in [0.2, 0.25) is 0 Å². The Kier molecular flexibility index (Phi) is 12.3. The van der Waals surface area contributed by atoms with Crippen molar-refractivity contribution in [3.63, 3.8) is 0 Å². The molecular weight excluding hydrogens is 538 g/mol. The molecule has 1 heterocycles. The minimum atomic E-state index is -1.42. The summed E-state index contributed by atoms with van der Waals surface area (Å²) in [4.78, 5) is 69.9. The van der Waals surface area contributed by atoms with Gasteiger partial charge in [-0.05, 0) is 24.3 Å². The first-order chi connectivity index (χ1) is 18.8. The third-order valence-electron chi connectivity index (χ3n) is 4.91. The van der Waals surface area contributed by atoms with Gasteiger partial charge >= 0.3 is 30.0 Å². The Morgan fingerprint density at radius 2 is 1.30 bits per heavy atom. The summed E-state index contributed by atoms with van der Waals surface area (Å²) in [7, 11) is 0. The van der Waals surface area contributed by atoms with Gasteiger partial charge in [-0.1, -0.05) is 0 Å². The van der Waals surface area contributed by atoms with Crippen LogP contribution in [0.15, 0.2) is 24.3 Å². The third-order valence-corrected chi connectivity index (χ3v) is 4.91. The average Bonchev–Trinajstić information content (AvgIpc) is 2.84. The Bertz CT molecular complexity index is 1070. The zero-order valence-corrected chi connectivity index (χ0v) is 22.5. The number of nitrogens with one attached hydrogen (secondary N) is 1. The minimum absolute atomic E-state index is 0.152. The molecule has 0 spiro atoms. The first-order valence-electron chi connectivity index (χ1n) is 12.0. The third kappa shape index (κ3) is 10.9. The van der Waals surface area contributed by atoms with Crippen LogP contribution in [0.3, 0.4) is 0 Å². The highest BCUT2D eigenvalue weighted by Crippen LogP contribution is 2.30. The summed E-state index contributed by atoms with van der Waals surface area (Å²) in [6.45, 7) is 4.73. The van der Waals surface area contributed by atoms with Crippen LogP contribution in [0.5, 0.6) is 5.75 Å². The number of carbonyl (C=O) groups is 6. The standard InChI is InChI=1S/C25H31NO14/c1-13(27)26-18-6-8-19(9-7-18)39-25(32)34-11-10-33-24-23(38-17(5)31)22(37-16(4)30)21(36-15(3)29)20(40-24)12-35-14(2)28/h6-9,20-24H,10-12H2,1-5H3,(H,26,27). The highest BCUT2D eigenvalue weighted by molar-refractivity contribution is 5.88. The maximum absolute atomic E-state index is 12.0. The summed E-state index contributed by atoms with van der Waals surface area (Å²) in [6, 6.07) is 5.94. The number of amides is 1. The van der Waals surface area contributed by atoms with Crippen LogP contribution in [0.1, 0.15) is 34.6 Å². The van der Waals surface area contributed by atoms with Crippen LogP contribution in [-0.2, 0) is 57.1 Å². The lowest BCUT2D eigenvalue weighted by atomic mass is 9.98. The first-order valence-corrected chi connectivity index (χ1v) is 12.0. The van der Waals surface area contributed by atoms with Gasteiger partial charge in [-0.25, -0.2) is 4.79 Å². The van der Waals surface area contributed by atoms with Crippen LogP contribution < -0.4 is 10.1 Å². The fraction of sp³-hybridized carbons (Fsp3) is 0.520. The lowest BCUT2D eigenvalue weighted by molar-refractivity contribution is -0.308. The van der Waals surface area contributed by atoms with Crippen molar-refractivity contribution in [3.05, 3.63) is 24.3 Å². The molecule has 220 valence electrons. The Balaban J connectivity index is 2.07. The fourth-order valence-corrected chi connectivity index (χ4v) is 3.55. The second kappa shape index (κ2) is 15.4. The monoisotopic (exact) mass is 569 g/mol. The van der Waals surface area contributed by atoms with E-state index in [4.69, 9.17) is 37.9 Å². The average molecular weight is 570 g/mol. The Hall–Kier alpha value is -4.24. The van der Waals surface area contributed by atoms with E-state index in [1.807, 2.05) is 0 Å². The Morgan fingerprint density at radius 3 is 1.85 bits per heavy atom. The van der Waals surface area contributed by atoms with Crippen molar-refractivity contribution < 1.29 is 66.7 Å². The molecule has 1 aromatic rings. The van der Waals surface area contributed by atoms with Crippen molar-refractivity contribution in [1.82, 2.24) is 0 Å². The summed E-state index contributed by atoms with van der Waals surface area (Å²) >= 11 is 0. The molecule has 2 rings (SSSR count). The van der Waals surface area contributed by atoms with Gasteiger partial charge in [0.15, 0.2) is 24.6 Å². The van der Waals surface area contributed by atoms with E-state index >= 15 is 0 Å². The highest BCUT2D eigenvalue weighted by Gasteiger charge is 2.52. The Morgan fingerprint density at radius 1 is 0.725 bits per heavy atom. The van der Waals surface area contributed by atoms with E-state index in [2.05, 4.69) is 5.32 Å². The van der Waals surface area contributed by atoms with Crippen molar-refractivity contribution in [1.29, 1.82) is 0 Å². The number of rotatable bonds is 11. The highest BCUT2D eigenvalue weighted by atomic mass is 16.8. The Labute approximate surface area is 229 Å². The van der Waals surface area contributed by atoms with Gasteiger partial charge in [-0.2, -0.15) is 0 Å². The molecule has 1 aliphatic rings. The van der Waals surface area contributed by atoms with Gasteiger partial charge in [0.25, 0.3) is 0 Å². The summed E-state index contributed by atoms with van der Waals surface area (Å²) in [5.74, 6) is -3.11. The maximum Gasteiger partial charge on any atom is 0.513 e. The van der Waals surface area contributed by atoms with E-state index in [9.17, 15) is 28.8 Å². The zero-order chi connectivity index (χ0) is 29.8. The summed E-state index contributed by atoms with van der Waals surface area (Å²) in [5.41, 5.74) is 0.506. The van der Waals surface area contributed by atoms with E-state index in [1.165, 1.54) is 31.2 Å². The van der Waals surface area contributed by atoms with Crippen LogP contribution in [0.4, 0.5) is 10.5 Å². The van der Waals surface area contributed by atoms with Crippen molar-refractivity contribution in [2.45, 2.75) is 65.3 Å². The second-order valence-corrected chi connectivity index (χ2v) is 8.34. The SMILES string of the molecule is CC(=O)Nc1ccc(OC(=O)OCCOC2OC(COC(C)=O)C(OC(C)=O)C(OC(C)=O)C2OC(C)=O)cc1. The summed E-state index contributed by atoms with van der Waals surface area (Å²) < 4.78 is 42.2. The molecular formula is C25H31NO14.